The minimum Gasteiger partial charge on any atom is -0.341 e. The Bertz CT molecular complexity index is 551. The van der Waals surface area contributed by atoms with Crippen LogP contribution in [0.15, 0.2) is 30.3 Å². The molecule has 6 heteroatoms. The second-order valence-corrected chi connectivity index (χ2v) is 5.81. The van der Waals surface area contributed by atoms with Crippen LogP contribution in [-0.2, 0) is 4.79 Å². The molecule has 6 nitrogen and oxygen atoms in total. The van der Waals surface area contributed by atoms with Crippen molar-refractivity contribution in [2.24, 2.45) is 5.92 Å². The molecule has 1 aromatic carbocycles. The van der Waals surface area contributed by atoms with Gasteiger partial charge in [-0.15, -0.1) is 0 Å². The highest BCUT2D eigenvalue weighted by Gasteiger charge is 2.22. The van der Waals surface area contributed by atoms with Gasteiger partial charge in [0.05, 0.1) is 12.1 Å². The minimum atomic E-state index is -0.661. The lowest BCUT2D eigenvalue weighted by Gasteiger charge is -2.21. The van der Waals surface area contributed by atoms with E-state index in [2.05, 4.69) is 16.0 Å². The molecule has 3 amide bonds. The molecule has 2 atom stereocenters. The molecule has 0 aliphatic carbocycles. The van der Waals surface area contributed by atoms with Crippen molar-refractivity contribution in [2.75, 3.05) is 6.54 Å². The van der Waals surface area contributed by atoms with Crippen LogP contribution in [0.3, 0.4) is 0 Å². The SMILES string of the molecule is CC(C)C[C@H](NC(=O)N[C@@H](C)c1ccccc1)C(=O)NCC#N. The molecule has 0 bridgehead atoms. The lowest BCUT2D eigenvalue weighted by Crippen LogP contribution is -2.51. The third kappa shape index (κ3) is 6.83. The second kappa shape index (κ2) is 9.46. The number of hydrogen-bond acceptors (Lipinski definition) is 3. The molecular formula is C17H24N4O2. The minimum absolute atomic E-state index is 0.0723. The summed E-state index contributed by atoms with van der Waals surface area (Å²) in [6, 6.07) is 10.2. The van der Waals surface area contributed by atoms with Crippen LogP contribution in [0.2, 0.25) is 0 Å². The van der Waals surface area contributed by atoms with Gasteiger partial charge in [-0.1, -0.05) is 44.2 Å². The van der Waals surface area contributed by atoms with E-state index in [1.807, 2.05) is 57.2 Å². The Kier molecular flexibility index (Phi) is 7.61. The van der Waals surface area contributed by atoms with Crippen LogP contribution in [-0.4, -0.2) is 24.5 Å². The van der Waals surface area contributed by atoms with E-state index in [-0.39, 0.29) is 24.4 Å². The molecule has 23 heavy (non-hydrogen) atoms. The van der Waals surface area contributed by atoms with Crippen LogP contribution in [0.5, 0.6) is 0 Å². The first-order valence-corrected chi connectivity index (χ1v) is 7.70. The predicted molar refractivity (Wildman–Crippen MR) is 88.4 cm³/mol. The molecule has 1 rings (SSSR count). The summed E-state index contributed by atoms with van der Waals surface area (Å²) in [6.07, 6.45) is 0.504. The highest BCUT2D eigenvalue weighted by molar-refractivity contribution is 5.87. The van der Waals surface area contributed by atoms with Gasteiger partial charge in [0.1, 0.15) is 12.6 Å². The Hall–Kier alpha value is -2.55. The lowest BCUT2D eigenvalue weighted by molar-refractivity contribution is -0.123. The maximum absolute atomic E-state index is 12.1. The predicted octanol–water partition coefficient (Wildman–Crippen LogP) is 2.10. The maximum atomic E-state index is 12.1. The average molecular weight is 316 g/mol. The summed E-state index contributed by atoms with van der Waals surface area (Å²) in [5, 5.41) is 16.5. The van der Waals surface area contributed by atoms with E-state index < -0.39 is 12.1 Å². The molecule has 0 heterocycles. The number of carbonyl (C=O) groups excluding carboxylic acids is 2. The summed E-state index contributed by atoms with van der Waals surface area (Å²) < 4.78 is 0. The number of benzene rings is 1. The molecule has 0 spiro atoms. The molecule has 124 valence electrons. The second-order valence-electron chi connectivity index (χ2n) is 5.81. The maximum Gasteiger partial charge on any atom is 0.315 e. The largest absolute Gasteiger partial charge is 0.341 e. The molecule has 0 radical (unpaired) electrons. The van der Waals surface area contributed by atoms with Crippen molar-refractivity contribution in [3.05, 3.63) is 35.9 Å². The van der Waals surface area contributed by atoms with Gasteiger partial charge >= 0.3 is 6.03 Å². The quantitative estimate of drug-likeness (QED) is 0.672. The summed E-state index contributed by atoms with van der Waals surface area (Å²) in [4.78, 5) is 24.2. The van der Waals surface area contributed by atoms with Crippen molar-refractivity contribution in [3.63, 3.8) is 0 Å². The molecule has 0 aliphatic rings. The van der Waals surface area contributed by atoms with E-state index in [1.165, 1.54) is 0 Å². The van der Waals surface area contributed by atoms with E-state index in [4.69, 9.17) is 5.26 Å². The van der Waals surface area contributed by atoms with Crippen LogP contribution in [0.25, 0.3) is 0 Å². The van der Waals surface area contributed by atoms with Gasteiger partial charge in [0.15, 0.2) is 0 Å². The smallest absolute Gasteiger partial charge is 0.315 e. The zero-order chi connectivity index (χ0) is 17.2. The Morgan fingerprint density at radius 3 is 2.35 bits per heavy atom. The molecule has 1 aromatic rings. The highest BCUT2D eigenvalue weighted by atomic mass is 16.2. The van der Waals surface area contributed by atoms with E-state index in [0.29, 0.717) is 6.42 Å². The number of amides is 3. The molecule has 3 N–H and O–H groups in total. The highest BCUT2D eigenvalue weighted by Crippen LogP contribution is 2.11. The normalized spacial score (nSPS) is 12.8. The van der Waals surface area contributed by atoms with Gasteiger partial charge in [-0.25, -0.2) is 4.79 Å². The standard InChI is InChI=1S/C17H24N4O2/c1-12(2)11-15(16(22)19-10-9-18)21-17(23)20-13(3)14-7-5-4-6-8-14/h4-8,12-13,15H,10-11H2,1-3H3,(H,19,22)(H2,20,21,23)/t13-,15-/m0/s1. The zero-order valence-electron chi connectivity index (χ0n) is 13.8. The fraction of sp³-hybridized carbons (Fsp3) is 0.471. The number of nitrogens with one attached hydrogen (secondary N) is 3. The van der Waals surface area contributed by atoms with Crippen molar-refractivity contribution >= 4 is 11.9 Å². The third-order valence-corrected chi connectivity index (χ3v) is 3.32. The van der Waals surface area contributed by atoms with Gasteiger partial charge < -0.3 is 16.0 Å². The van der Waals surface area contributed by atoms with Gasteiger partial charge in [0, 0.05) is 0 Å². The summed E-state index contributed by atoms with van der Waals surface area (Å²) in [6.45, 7) is 5.74. The summed E-state index contributed by atoms with van der Waals surface area (Å²) in [5.74, 6) is -0.109. The Morgan fingerprint density at radius 2 is 1.78 bits per heavy atom. The first-order valence-electron chi connectivity index (χ1n) is 7.70. The zero-order valence-corrected chi connectivity index (χ0v) is 13.8. The van der Waals surface area contributed by atoms with Crippen molar-refractivity contribution in [2.45, 2.75) is 39.3 Å². The van der Waals surface area contributed by atoms with Crippen LogP contribution in [0, 0.1) is 17.2 Å². The first-order chi connectivity index (χ1) is 10.9. The van der Waals surface area contributed by atoms with E-state index in [9.17, 15) is 9.59 Å². The van der Waals surface area contributed by atoms with Gasteiger partial charge in [-0.2, -0.15) is 5.26 Å². The third-order valence-electron chi connectivity index (χ3n) is 3.32. The van der Waals surface area contributed by atoms with Crippen molar-refractivity contribution < 1.29 is 9.59 Å². The van der Waals surface area contributed by atoms with Crippen LogP contribution < -0.4 is 16.0 Å². The molecule has 0 saturated heterocycles. The molecule has 0 unspecified atom stereocenters. The van der Waals surface area contributed by atoms with Crippen molar-refractivity contribution in [1.29, 1.82) is 5.26 Å². The van der Waals surface area contributed by atoms with Crippen LogP contribution in [0.1, 0.15) is 38.8 Å². The molecule has 0 saturated carbocycles. The fourth-order valence-corrected chi connectivity index (χ4v) is 2.17. The van der Waals surface area contributed by atoms with Gasteiger partial charge in [0.25, 0.3) is 0 Å². The monoisotopic (exact) mass is 316 g/mol. The molecule has 0 aromatic heterocycles. The van der Waals surface area contributed by atoms with Crippen molar-refractivity contribution in [1.82, 2.24) is 16.0 Å². The Labute approximate surface area is 137 Å². The lowest BCUT2D eigenvalue weighted by atomic mass is 10.0. The fourth-order valence-electron chi connectivity index (χ4n) is 2.17. The summed E-state index contributed by atoms with van der Waals surface area (Å²) >= 11 is 0. The number of carbonyl (C=O) groups is 2. The molecule has 0 aliphatic heterocycles. The van der Waals surface area contributed by atoms with Crippen LogP contribution >= 0.6 is 0 Å². The molecular weight excluding hydrogens is 292 g/mol. The van der Waals surface area contributed by atoms with E-state index >= 15 is 0 Å². The Morgan fingerprint density at radius 1 is 1.13 bits per heavy atom. The van der Waals surface area contributed by atoms with Gasteiger partial charge in [-0.05, 0) is 24.8 Å². The number of hydrogen-bond donors (Lipinski definition) is 3. The van der Waals surface area contributed by atoms with E-state index in [0.717, 1.165) is 5.56 Å². The van der Waals surface area contributed by atoms with Gasteiger partial charge in [-0.3, -0.25) is 4.79 Å². The molecule has 0 fully saturated rings. The van der Waals surface area contributed by atoms with Crippen molar-refractivity contribution in [3.8, 4) is 6.07 Å². The Balaban J connectivity index is 2.62. The number of nitrogens with zero attached hydrogens (tertiary/aromatic N) is 1. The number of urea groups is 1. The summed E-state index contributed by atoms with van der Waals surface area (Å²) in [5.41, 5.74) is 0.983. The van der Waals surface area contributed by atoms with Crippen LogP contribution in [0.4, 0.5) is 4.79 Å². The van der Waals surface area contributed by atoms with E-state index in [1.54, 1.807) is 0 Å². The number of rotatable bonds is 7. The topological polar surface area (TPSA) is 94.0 Å². The first kappa shape index (κ1) is 18.5. The number of nitriles is 1. The average Bonchev–Trinajstić information content (AvgIpc) is 2.52. The summed E-state index contributed by atoms with van der Waals surface area (Å²) in [7, 11) is 0. The van der Waals surface area contributed by atoms with Gasteiger partial charge in [0.2, 0.25) is 5.91 Å².